The Morgan fingerprint density at radius 1 is 1.23 bits per heavy atom. The highest BCUT2D eigenvalue weighted by Gasteiger charge is 2.16. The Kier molecular flexibility index (Phi) is 4.22. The zero-order valence-corrected chi connectivity index (χ0v) is 15.1. The van der Waals surface area contributed by atoms with E-state index in [2.05, 4.69) is 26.5 Å². The number of hydrogen-bond acceptors (Lipinski definition) is 6. The number of anilines is 1. The van der Waals surface area contributed by atoms with Gasteiger partial charge in [-0.1, -0.05) is 17.3 Å². The number of fused-ring (bicyclic) bond motifs is 1. The Bertz CT molecular complexity index is 1090. The second-order valence-corrected chi connectivity index (χ2v) is 6.92. The molecule has 4 rings (SSSR count). The number of rotatable bonds is 4. The quantitative estimate of drug-likeness (QED) is 0.588. The van der Waals surface area contributed by atoms with Crippen molar-refractivity contribution >= 4 is 33.3 Å². The first kappa shape index (κ1) is 16.4. The first-order valence-electron chi connectivity index (χ1n) is 8.12. The first-order chi connectivity index (χ1) is 12.6. The van der Waals surface area contributed by atoms with Crippen molar-refractivity contribution in [3.05, 3.63) is 58.7 Å². The summed E-state index contributed by atoms with van der Waals surface area (Å²) in [5.74, 6) is -0.179. The van der Waals surface area contributed by atoms with Gasteiger partial charge >= 0.3 is 0 Å². The summed E-state index contributed by atoms with van der Waals surface area (Å²) in [6.45, 7) is 4.00. The van der Waals surface area contributed by atoms with Crippen LogP contribution in [0.15, 0.2) is 46.4 Å². The van der Waals surface area contributed by atoms with E-state index in [-0.39, 0.29) is 12.3 Å². The second kappa shape index (κ2) is 6.68. The van der Waals surface area contributed by atoms with Gasteiger partial charge in [0.25, 0.3) is 0 Å². The molecule has 0 aliphatic carbocycles. The Morgan fingerprint density at radius 2 is 2.12 bits per heavy atom. The third kappa shape index (κ3) is 3.21. The van der Waals surface area contributed by atoms with Gasteiger partial charge in [-0.2, -0.15) is 0 Å². The lowest BCUT2D eigenvalue weighted by molar-refractivity contribution is -0.115. The molecule has 130 valence electrons. The fourth-order valence-corrected chi connectivity index (χ4v) is 3.64. The largest absolute Gasteiger partial charge is 0.356 e. The zero-order chi connectivity index (χ0) is 18.1. The average molecular weight is 364 g/mol. The standard InChI is InChI=1S/C19H16N4O2S/c1-11-7-12(2)18-14(23-25-16(18)8-11)9-17(24)22-19-21-15(10-26-19)13-5-3-4-6-20-13/h3-8,10H,9H2,1-2H3,(H,21,22,24). The topological polar surface area (TPSA) is 80.9 Å². The van der Waals surface area contributed by atoms with Crippen LogP contribution in [0.1, 0.15) is 16.8 Å². The SMILES string of the molecule is Cc1cc(C)c2c(CC(=O)Nc3nc(-c4ccccn4)cs3)noc2c1. The number of aromatic nitrogens is 3. The zero-order valence-electron chi connectivity index (χ0n) is 14.3. The van der Waals surface area contributed by atoms with Crippen molar-refractivity contribution in [1.29, 1.82) is 0 Å². The molecule has 0 radical (unpaired) electrons. The summed E-state index contributed by atoms with van der Waals surface area (Å²) in [5, 5.41) is 10.2. The van der Waals surface area contributed by atoms with E-state index in [1.807, 2.05) is 43.5 Å². The minimum atomic E-state index is -0.179. The van der Waals surface area contributed by atoms with E-state index >= 15 is 0 Å². The average Bonchev–Trinajstić information content (AvgIpc) is 3.23. The Hall–Kier alpha value is -3.06. The number of carbonyl (C=O) groups is 1. The second-order valence-electron chi connectivity index (χ2n) is 6.06. The van der Waals surface area contributed by atoms with Gasteiger partial charge in [-0.25, -0.2) is 4.98 Å². The van der Waals surface area contributed by atoms with Crippen molar-refractivity contribution in [2.45, 2.75) is 20.3 Å². The van der Waals surface area contributed by atoms with E-state index in [0.29, 0.717) is 16.4 Å². The summed E-state index contributed by atoms with van der Waals surface area (Å²) in [4.78, 5) is 21.1. The van der Waals surface area contributed by atoms with Crippen LogP contribution in [-0.2, 0) is 11.2 Å². The van der Waals surface area contributed by atoms with Crippen molar-refractivity contribution in [3.8, 4) is 11.4 Å². The monoisotopic (exact) mass is 364 g/mol. The van der Waals surface area contributed by atoms with Gasteiger partial charge in [0.1, 0.15) is 11.4 Å². The number of amides is 1. The molecule has 0 spiro atoms. The van der Waals surface area contributed by atoms with Crippen molar-refractivity contribution in [3.63, 3.8) is 0 Å². The number of thiazole rings is 1. The lowest BCUT2D eigenvalue weighted by Gasteiger charge is -2.01. The molecule has 0 unspecified atom stereocenters. The molecule has 0 aliphatic heterocycles. The fourth-order valence-electron chi connectivity index (χ4n) is 2.92. The van der Waals surface area contributed by atoms with Gasteiger partial charge < -0.3 is 9.84 Å². The maximum Gasteiger partial charge on any atom is 0.232 e. The van der Waals surface area contributed by atoms with Crippen LogP contribution in [0.4, 0.5) is 5.13 Å². The molecule has 1 amide bonds. The molecule has 7 heteroatoms. The minimum Gasteiger partial charge on any atom is -0.356 e. The Labute approximate surface area is 153 Å². The lowest BCUT2D eigenvalue weighted by Crippen LogP contribution is -2.14. The molecule has 0 bridgehead atoms. The lowest BCUT2D eigenvalue weighted by atomic mass is 10.0. The molecular weight excluding hydrogens is 348 g/mol. The summed E-state index contributed by atoms with van der Waals surface area (Å²) < 4.78 is 5.37. The van der Waals surface area contributed by atoms with Crippen LogP contribution in [0.5, 0.6) is 0 Å². The molecule has 4 aromatic rings. The number of carbonyl (C=O) groups excluding carboxylic acids is 1. The molecule has 26 heavy (non-hydrogen) atoms. The van der Waals surface area contributed by atoms with Gasteiger partial charge in [0.05, 0.1) is 12.1 Å². The molecule has 0 saturated carbocycles. The molecule has 0 saturated heterocycles. The van der Waals surface area contributed by atoms with Gasteiger partial charge in [-0.15, -0.1) is 11.3 Å². The third-order valence-electron chi connectivity index (χ3n) is 3.99. The number of hydrogen-bond donors (Lipinski definition) is 1. The summed E-state index contributed by atoms with van der Waals surface area (Å²) in [6, 6.07) is 9.62. The van der Waals surface area contributed by atoms with E-state index in [9.17, 15) is 4.79 Å². The van der Waals surface area contributed by atoms with Gasteiger partial charge in [0.15, 0.2) is 10.7 Å². The molecule has 3 aromatic heterocycles. The molecule has 0 atom stereocenters. The maximum atomic E-state index is 12.4. The summed E-state index contributed by atoms with van der Waals surface area (Å²) in [7, 11) is 0. The van der Waals surface area contributed by atoms with Crippen LogP contribution in [0, 0.1) is 13.8 Å². The van der Waals surface area contributed by atoms with Gasteiger partial charge in [-0.3, -0.25) is 9.78 Å². The summed E-state index contributed by atoms with van der Waals surface area (Å²) >= 11 is 1.37. The van der Waals surface area contributed by atoms with Gasteiger partial charge in [0, 0.05) is 17.0 Å². The summed E-state index contributed by atoms with van der Waals surface area (Å²) in [6.07, 6.45) is 1.85. The molecule has 1 aromatic carbocycles. The molecule has 0 fully saturated rings. The molecule has 3 heterocycles. The molecular formula is C19H16N4O2S. The van der Waals surface area contributed by atoms with E-state index in [1.165, 1.54) is 11.3 Å². The number of nitrogens with one attached hydrogen (secondary N) is 1. The highest BCUT2D eigenvalue weighted by Crippen LogP contribution is 2.26. The highest BCUT2D eigenvalue weighted by molar-refractivity contribution is 7.14. The van der Waals surface area contributed by atoms with Gasteiger partial charge in [0.2, 0.25) is 5.91 Å². The van der Waals surface area contributed by atoms with Crippen LogP contribution < -0.4 is 5.32 Å². The molecule has 6 nitrogen and oxygen atoms in total. The number of aryl methyl sites for hydroxylation is 2. The fraction of sp³-hybridized carbons (Fsp3) is 0.158. The molecule has 1 N–H and O–H groups in total. The Balaban J connectivity index is 1.51. The van der Waals surface area contributed by atoms with Crippen molar-refractivity contribution < 1.29 is 9.32 Å². The van der Waals surface area contributed by atoms with E-state index in [1.54, 1.807) is 6.20 Å². The molecule has 0 aliphatic rings. The van der Waals surface area contributed by atoms with E-state index in [4.69, 9.17) is 4.52 Å². The number of pyridine rings is 1. The van der Waals surface area contributed by atoms with Gasteiger partial charge in [-0.05, 0) is 43.2 Å². The van der Waals surface area contributed by atoms with E-state index < -0.39 is 0 Å². The Morgan fingerprint density at radius 3 is 2.92 bits per heavy atom. The smallest absolute Gasteiger partial charge is 0.232 e. The normalized spacial score (nSPS) is 11.0. The van der Waals surface area contributed by atoms with Crippen molar-refractivity contribution in [1.82, 2.24) is 15.1 Å². The van der Waals surface area contributed by atoms with Crippen LogP contribution in [0.25, 0.3) is 22.4 Å². The van der Waals surface area contributed by atoms with Crippen LogP contribution in [0.2, 0.25) is 0 Å². The third-order valence-corrected chi connectivity index (χ3v) is 4.75. The van der Waals surface area contributed by atoms with Crippen LogP contribution >= 0.6 is 11.3 Å². The van der Waals surface area contributed by atoms with Crippen LogP contribution in [-0.4, -0.2) is 21.0 Å². The predicted molar refractivity (Wildman–Crippen MR) is 101 cm³/mol. The maximum absolute atomic E-state index is 12.4. The van der Waals surface area contributed by atoms with Crippen molar-refractivity contribution in [2.75, 3.05) is 5.32 Å². The number of benzene rings is 1. The van der Waals surface area contributed by atoms with E-state index in [0.717, 1.165) is 27.9 Å². The van der Waals surface area contributed by atoms with Crippen LogP contribution in [0.3, 0.4) is 0 Å². The number of nitrogens with zero attached hydrogens (tertiary/aromatic N) is 3. The minimum absolute atomic E-state index is 0.134. The first-order valence-corrected chi connectivity index (χ1v) is 9.00. The summed E-state index contributed by atoms with van der Waals surface area (Å²) in [5.41, 5.74) is 5.01. The van der Waals surface area contributed by atoms with Crippen molar-refractivity contribution in [2.24, 2.45) is 0 Å². The predicted octanol–water partition coefficient (Wildman–Crippen LogP) is 4.14. The highest BCUT2D eigenvalue weighted by atomic mass is 32.1.